The van der Waals surface area contributed by atoms with Crippen LogP contribution in [0.2, 0.25) is 5.02 Å². The van der Waals surface area contributed by atoms with Gasteiger partial charge >= 0.3 is 0 Å². The average Bonchev–Trinajstić information content (AvgIpc) is 2.88. The number of hydrogen-bond donors (Lipinski definition) is 1. The third-order valence-corrected chi connectivity index (χ3v) is 8.04. The molecule has 0 aliphatic rings. The Bertz CT molecular complexity index is 1340. The lowest BCUT2D eigenvalue weighted by molar-refractivity contribution is 0.435. The van der Waals surface area contributed by atoms with Crippen molar-refractivity contribution in [3.63, 3.8) is 0 Å². The predicted molar refractivity (Wildman–Crippen MR) is 150 cm³/mol. The van der Waals surface area contributed by atoms with Crippen molar-refractivity contribution in [1.82, 2.24) is 4.72 Å². The monoisotopic (exact) mass is 523 g/mol. The quantitative estimate of drug-likeness (QED) is 0.216. The molecule has 0 saturated carbocycles. The van der Waals surface area contributed by atoms with Gasteiger partial charge in [0, 0.05) is 5.02 Å². The van der Waals surface area contributed by atoms with E-state index < -0.39 is 10.0 Å². The second-order valence-electron chi connectivity index (χ2n) is 8.87. The van der Waals surface area contributed by atoms with Gasteiger partial charge in [0.25, 0.3) is 0 Å². The van der Waals surface area contributed by atoms with Gasteiger partial charge in [-0.25, -0.2) is 13.1 Å². The summed E-state index contributed by atoms with van der Waals surface area (Å²) in [5.41, 5.74) is 5.27. The third-order valence-electron chi connectivity index (χ3n) is 6.30. The van der Waals surface area contributed by atoms with Crippen LogP contribution in [0.5, 0.6) is 5.75 Å². The normalized spacial score (nSPS) is 13.5. The number of hydrogen-bond acceptors (Lipinski definition) is 3. The number of ether oxygens (including phenoxy) is 1. The molecule has 0 aliphatic carbocycles. The number of aryl methyl sites for hydroxylation is 1. The average molecular weight is 524 g/mol. The van der Waals surface area contributed by atoms with Gasteiger partial charge in [-0.2, -0.15) is 0 Å². The van der Waals surface area contributed by atoms with Crippen molar-refractivity contribution in [2.75, 3.05) is 7.05 Å². The highest BCUT2D eigenvalue weighted by molar-refractivity contribution is 7.89. The first-order valence-electron chi connectivity index (χ1n) is 12.1. The third kappa shape index (κ3) is 6.88. The van der Waals surface area contributed by atoms with E-state index >= 15 is 0 Å². The van der Waals surface area contributed by atoms with Crippen molar-refractivity contribution in [1.29, 1.82) is 0 Å². The first-order chi connectivity index (χ1) is 17.2. The highest BCUT2D eigenvalue weighted by atomic mass is 35.5. The fraction of sp³-hybridized carbons (Fsp3) is 0.267. The van der Waals surface area contributed by atoms with Crippen LogP contribution in [-0.2, 0) is 10.0 Å². The standard InChI is InChI=1S/C30H34ClNO3S/c1-6-21(2)29(15-8-11-23(4)30-22(3)10-7-14-28(30)31)35-26-18-16-24(17-19-26)25-12-9-13-27(20-25)36(33,34)32-5/h7-10,12-20,23,32H,6,11H2,1-5H3/b15-8+,29-21-. The number of rotatable bonds is 10. The summed E-state index contributed by atoms with van der Waals surface area (Å²) in [6, 6.07) is 20.6. The van der Waals surface area contributed by atoms with Crippen molar-refractivity contribution < 1.29 is 13.2 Å². The van der Waals surface area contributed by atoms with Gasteiger partial charge in [0.05, 0.1) is 4.90 Å². The van der Waals surface area contributed by atoms with Crippen LogP contribution in [-0.4, -0.2) is 15.5 Å². The minimum atomic E-state index is -3.50. The van der Waals surface area contributed by atoms with Gasteiger partial charge in [-0.15, -0.1) is 0 Å². The van der Waals surface area contributed by atoms with Crippen LogP contribution in [0.1, 0.15) is 50.7 Å². The minimum absolute atomic E-state index is 0.234. The highest BCUT2D eigenvalue weighted by Gasteiger charge is 2.13. The molecule has 0 saturated heterocycles. The molecular formula is C30H34ClNO3S. The Hall–Kier alpha value is -2.86. The van der Waals surface area contributed by atoms with Gasteiger partial charge in [0.2, 0.25) is 10.0 Å². The van der Waals surface area contributed by atoms with Gasteiger partial charge < -0.3 is 4.74 Å². The second kappa shape index (κ2) is 12.4. The van der Waals surface area contributed by atoms with Crippen molar-refractivity contribution in [3.8, 4) is 16.9 Å². The fourth-order valence-electron chi connectivity index (χ4n) is 4.01. The van der Waals surface area contributed by atoms with Crippen LogP contribution < -0.4 is 9.46 Å². The first kappa shape index (κ1) is 27.7. The molecule has 3 rings (SSSR count). The van der Waals surface area contributed by atoms with Crippen LogP contribution in [0.3, 0.4) is 0 Å². The van der Waals surface area contributed by atoms with Gasteiger partial charge in [0.15, 0.2) is 0 Å². The Morgan fingerprint density at radius 2 is 1.75 bits per heavy atom. The molecule has 190 valence electrons. The molecular weight excluding hydrogens is 490 g/mol. The summed E-state index contributed by atoms with van der Waals surface area (Å²) < 4.78 is 32.9. The molecule has 0 bridgehead atoms. The summed E-state index contributed by atoms with van der Waals surface area (Å²) in [6.07, 6.45) is 5.91. The zero-order chi connectivity index (χ0) is 26.3. The van der Waals surface area contributed by atoms with E-state index in [-0.39, 0.29) is 4.90 Å². The summed E-state index contributed by atoms with van der Waals surface area (Å²) in [4.78, 5) is 0.234. The van der Waals surface area contributed by atoms with Crippen molar-refractivity contribution >= 4 is 21.6 Å². The molecule has 0 aromatic heterocycles. The molecule has 0 aliphatic heterocycles. The van der Waals surface area contributed by atoms with Gasteiger partial charge in [-0.1, -0.05) is 67.9 Å². The Labute approximate surface area is 220 Å². The molecule has 1 N–H and O–H groups in total. The van der Waals surface area contributed by atoms with E-state index in [1.54, 1.807) is 18.2 Å². The largest absolute Gasteiger partial charge is 0.457 e. The van der Waals surface area contributed by atoms with Crippen molar-refractivity contribution in [2.24, 2.45) is 0 Å². The lowest BCUT2D eigenvalue weighted by Crippen LogP contribution is -2.18. The van der Waals surface area contributed by atoms with E-state index in [0.717, 1.165) is 46.1 Å². The second-order valence-corrected chi connectivity index (χ2v) is 11.2. The zero-order valence-electron chi connectivity index (χ0n) is 21.5. The number of allylic oxidation sites excluding steroid dienone is 3. The van der Waals surface area contributed by atoms with Crippen molar-refractivity contribution in [3.05, 3.63) is 106 Å². The first-order valence-corrected chi connectivity index (χ1v) is 14.0. The van der Waals surface area contributed by atoms with Crippen LogP contribution in [0.25, 0.3) is 11.1 Å². The van der Waals surface area contributed by atoms with Crippen LogP contribution in [0, 0.1) is 6.92 Å². The molecule has 3 aromatic carbocycles. The van der Waals surface area contributed by atoms with Gasteiger partial charge in [0.1, 0.15) is 11.5 Å². The van der Waals surface area contributed by atoms with Crippen LogP contribution in [0.15, 0.2) is 95.1 Å². The Morgan fingerprint density at radius 3 is 2.39 bits per heavy atom. The molecule has 1 atom stereocenters. The minimum Gasteiger partial charge on any atom is -0.457 e. The predicted octanol–water partition coefficient (Wildman–Crippen LogP) is 8.04. The Morgan fingerprint density at radius 1 is 1.06 bits per heavy atom. The molecule has 0 fully saturated rings. The molecule has 0 heterocycles. The Balaban J connectivity index is 1.75. The number of sulfonamides is 1. The molecule has 0 spiro atoms. The number of nitrogens with one attached hydrogen (secondary N) is 1. The Kier molecular flexibility index (Phi) is 9.55. The lowest BCUT2D eigenvalue weighted by atomic mass is 9.93. The SMILES string of the molecule is CC/C(C)=C(/C=C/CC(C)c1c(C)cccc1Cl)Oc1ccc(-c2cccc(S(=O)(=O)NC)c2)cc1. The molecule has 1 unspecified atom stereocenters. The smallest absolute Gasteiger partial charge is 0.240 e. The van der Waals surface area contributed by atoms with E-state index in [2.05, 4.69) is 44.6 Å². The molecule has 0 radical (unpaired) electrons. The topological polar surface area (TPSA) is 55.4 Å². The maximum absolute atomic E-state index is 12.1. The van der Waals surface area contributed by atoms with E-state index in [1.165, 1.54) is 18.2 Å². The number of halogens is 1. The van der Waals surface area contributed by atoms with Gasteiger partial charge in [-0.3, -0.25) is 0 Å². The van der Waals surface area contributed by atoms with Crippen molar-refractivity contribution in [2.45, 2.75) is 51.3 Å². The molecule has 3 aromatic rings. The molecule has 36 heavy (non-hydrogen) atoms. The molecule has 4 nitrogen and oxygen atoms in total. The summed E-state index contributed by atoms with van der Waals surface area (Å²) in [6.45, 7) is 8.46. The maximum Gasteiger partial charge on any atom is 0.240 e. The van der Waals surface area contributed by atoms with Gasteiger partial charge in [-0.05, 0) is 104 Å². The summed E-state index contributed by atoms with van der Waals surface area (Å²) in [5.74, 6) is 1.84. The summed E-state index contributed by atoms with van der Waals surface area (Å²) >= 11 is 6.45. The highest BCUT2D eigenvalue weighted by Crippen LogP contribution is 2.31. The fourth-order valence-corrected chi connectivity index (χ4v) is 5.19. The maximum atomic E-state index is 12.1. The van der Waals surface area contributed by atoms with Crippen LogP contribution in [0.4, 0.5) is 0 Å². The summed E-state index contributed by atoms with van der Waals surface area (Å²) in [5, 5.41) is 0.807. The van der Waals surface area contributed by atoms with E-state index in [4.69, 9.17) is 16.3 Å². The van der Waals surface area contributed by atoms with E-state index in [9.17, 15) is 8.42 Å². The van der Waals surface area contributed by atoms with E-state index in [1.807, 2.05) is 48.5 Å². The lowest BCUT2D eigenvalue weighted by Gasteiger charge is -2.15. The molecule has 0 amide bonds. The van der Waals surface area contributed by atoms with Crippen LogP contribution >= 0.6 is 11.6 Å². The molecule has 6 heteroatoms. The number of benzene rings is 3. The zero-order valence-corrected chi connectivity index (χ0v) is 23.1. The van der Waals surface area contributed by atoms with E-state index in [0.29, 0.717) is 5.92 Å². The summed E-state index contributed by atoms with van der Waals surface area (Å²) in [7, 11) is -2.09.